The van der Waals surface area contributed by atoms with Crippen LogP contribution < -0.4 is 10.3 Å². The first-order valence-corrected chi connectivity index (χ1v) is 12.6. The van der Waals surface area contributed by atoms with Crippen LogP contribution in [0.5, 0.6) is 5.75 Å². The zero-order valence-electron chi connectivity index (χ0n) is 20.8. The number of esters is 1. The van der Waals surface area contributed by atoms with Crippen molar-refractivity contribution in [2.24, 2.45) is 11.3 Å². The molecule has 0 unspecified atom stereocenters. The third kappa shape index (κ3) is 8.30. The highest BCUT2D eigenvalue weighted by Gasteiger charge is 2.33. The largest absolute Gasteiger partial charge is 0.573 e. The van der Waals surface area contributed by atoms with E-state index in [4.69, 9.17) is 4.74 Å². The molecule has 0 aliphatic rings. The fourth-order valence-corrected chi connectivity index (χ4v) is 3.97. The average molecular weight is 515 g/mol. The molecule has 0 fully saturated rings. The summed E-state index contributed by atoms with van der Waals surface area (Å²) in [5, 5.41) is 0.295. The summed E-state index contributed by atoms with van der Waals surface area (Å²) in [6, 6.07) is 5.51. The molecule has 0 aliphatic carbocycles. The van der Waals surface area contributed by atoms with Crippen LogP contribution in [0.25, 0.3) is 5.69 Å². The first kappa shape index (κ1) is 28.7. The number of carbonyl (C=O) groups excluding carboxylic acids is 1. The Bertz CT molecular complexity index is 1050. The minimum atomic E-state index is -4.89. The third-order valence-electron chi connectivity index (χ3n) is 5.90. The Hall–Kier alpha value is -2.49. The van der Waals surface area contributed by atoms with Gasteiger partial charge in [-0.05, 0) is 51.7 Å². The van der Waals surface area contributed by atoms with Crippen LogP contribution in [0.3, 0.4) is 0 Å². The first-order valence-electron chi connectivity index (χ1n) is 11.6. The number of rotatable bonds is 12. The SMILES string of the molecule is Cc1cnc(SCCCCCCOC(=O)C(C)(C)C(C)C)n(-c2ccccc2OC(F)(F)F)c1=O. The predicted molar refractivity (Wildman–Crippen MR) is 130 cm³/mol. The normalized spacial score (nSPS) is 12.1. The number of halogens is 3. The Balaban J connectivity index is 1.94. The molecule has 35 heavy (non-hydrogen) atoms. The first-order chi connectivity index (χ1) is 16.3. The van der Waals surface area contributed by atoms with E-state index in [0.717, 1.165) is 30.3 Å². The summed E-state index contributed by atoms with van der Waals surface area (Å²) < 4.78 is 49.3. The highest BCUT2D eigenvalue weighted by atomic mass is 32.2. The van der Waals surface area contributed by atoms with Crippen LogP contribution in [0.15, 0.2) is 40.4 Å². The van der Waals surface area contributed by atoms with Crippen LogP contribution in [-0.2, 0) is 9.53 Å². The van der Waals surface area contributed by atoms with Crippen molar-refractivity contribution in [2.45, 2.75) is 71.8 Å². The Kier molecular flexibility index (Phi) is 10.2. The summed E-state index contributed by atoms with van der Waals surface area (Å²) in [4.78, 5) is 29.3. The second-order valence-electron chi connectivity index (χ2n) is 9.15. The number of unbranched alkanes of at least 4 members (excludes halogenated alkanes) is 3. The summed E-state index contributed by atoms with van der Waals surface area (Å²) in [5.74, 6) is 0.150. The molecule has 0 saturated heterocycles. The summed E-state index contributed by atoms with van der Waals surface area (Å²) in [5.41, 5.74) is -0.671. The molecule has 0 radical (unpaired) electrons. The summed E-state index contributed by atoms with van der Waals surface area (Å²) >= 11 is 1.30. The van der Waals surface area contributed by atoms with E-state index in [2.05, 4.69) is 9.72 Å². The Morgan fingerprint density at radius 2 is 1.77 bits per heavy atom. The van der Waals surface area contributed by atoms with Gasteiger partial charge in [0.15, 0.2) is 10.9 Å². The lowest BCUT2D eigenvalue weighted by Crippen LogP contribution is -2.32. The Labute approximate surface area is 208 Å². The van der Waals surface area contributed by atoms with Gasteiger partial charge < -0.3 is 9.47 Å². The number of alkyl halides is 3. The average Bonchev–Trinajstić information content (AvgIpc) is 2.77. The van der Waals surface area contributed by atoms with E-state index in [9.17, 15) is 22.8 Å². The molecule has 0 bridgehead atoms. The van der Waals surface area contributed by atoms with Crippen LogP contribution in [0.4, 0.5) is 13.2 Å². The van der Waals surface area contributed by atoms with E-state index < -0.39 is 23.1 Å². The van der Waals surface area contributed by atoms with E-state index >= 15 is 0 Å². The number of carbonyl (C=O) groups is 1. The minimum Gasteiger partial charge on any atom is -0.465 e. The number of ether oxygens (including phenoxy) is 2. The maximum Gasteiger partial charge on any atom is 0.573 e. The number of aryl methyl sites for hydroxylation is 1. The van der Waals surface area contributed by atoms with Gasteiger partial charge in [-0.2, -0.15) is 0 Å². The summed E-state index contributed by atoms with van der Waals surface area (Å²) in [7, 11) is 0. The molecular formula is C25H33F3N2O4S. The third-order valence-corrected chi connectivity index (χ3v) is 6.94. The van der Waals surface area contributed by atoms with Gasteiger partial charge in [-0.1, -0.05) is 50.6 Å². The summed E-state index contributed by atoms with van der Waals surface area (Å²) in [6.07, 6.45) is -0.167. The van der Waals surface area contributed by atoms with Crippen LogP contribution in [-0.4, -0.2) is 34.2 Å². The highest BCUT2D eigenvalue weighted by Crippen LogP contribution is 2.31. The van der Waals surface area contributed by atoms with Crippen LogP contribution >= 0.6 is 11.8 Å². The molecule has 2 rings (SSSR count). The molecule has 2 aromatic rings. The monoisotopic (exact) mass is 514 g/mol. The van der Waals surface area contributed by atoms with E-state index in [-0.39, 0.29) is 17.6 Å². The van der Waals surface area contributed by atoms with Crippen molar-refractivity contribution in [3.63, 3.8) is 0 Å². The fraction of sp³-hybridized carbons (Fsp3) is 0.560. The number of para-hydroxylation sites is 2. The van der Waals surface area contributed by atoms with Crippen molar-refractivity contribution in [1.29, 1.82) is 0 Å². The number of hydrogen-bond donors (Lipinski definition) is 0. The topological polar surface area (TPSA) is 70.4 Å². The molecule has 0 spiro atoms. The van der Waals surface area contributed by atoms with Crippen molar-refractivity contribution in [3.05, 3.63) is 46.4 Å². The highest BCUT2D eigenvalue weighted by molar-refractivity contribution is 7.99. The number of nitrogens with zero attached hydrogens (tertiary/aromatic N) is 2. The molecule has 10 heteroatoms. The minimum absolute atomic E-state index is 0.0142. The van der Waals surface area contributed by atoms with Gasteiger partial charge in [0.05, 0.1) is 17.7 Å². The fourth-order valence-electron chi connectivity index (χ4n) is 3.00. The quantitative estimate of drug-likeness (QED) is 0.143. The van der Waals surface area contributed by atoms with Gasteiger partial charge in [0.25, 0.3) is 5.56 Å². The molecule has 0 N–H and O–H groups in total. The van der Waals surface area contributed by atoms with Gasteiger partial charge >= 0.3 is 12.3 Å². The Morgan fingerprint density at radius 3 is 2.43 bits per heavy atom. The molecule has 1 heterocycles. The molecule has 1 aromatic heterocycles. The van der Waals surface area contributed by atoms with Crippen LogP contribution in [0.1, 0.15) is 58.9 Å². The smallest absolute Gasteiger partial charge is 0.465 e. The predicted octanol–water partition coefficient (Wildman–Crippen LogP) is 6.32. The number of aromatic nitrogens is 2. The van der Waals surface area contributed by atoms with Gasteiger partial charge in [-0.15, -0.1) is 13.2 Å². The zero-order valence-corrected chi connectivity index (χ0v) is 21.6. The number of hydrogen-bond acceptors (Lipinski definition) is 6. The van der Waals surface area contributed by atoms with E-state index in [1.165, 1.54) is 42.2 Å². The lowest BCUT2D eigenvalue weighted by Gasteiger charge is -2.26. The van der Waals surface area contributed by atoms with Crippen molar-refractivity contribution in [1.82, 2.24) is 9.55 Å². The van der Waals surface area contributed by atoms with Crippen LogP contribution in [0.2, 0.25) is 0 Å². The molecule has 1 aromatic carbocycles. The molecule has 6 nitrogen and oxygen atoms in total. The van der Waals surface area contributed by atoms with Crippen molar-refractivity contribution in [3.8, 4) is 11.4 Å². The van der Waals surface area contributed by atoms with E-state index in [1.807, 2.05) is 27.7 Å². The molecular weight excluding hydrogens is 481 g/mol. The maximum absolute atomic E-state index is 12.9. The lowest BCUT2D eigenvalue weighted by molar-refractivity contribution is -0.274. The Morgan fingerprint density at radius 1 is 1.11 bits per heavy atom. The standard InChI is InChI=1S/C25H33F3N2O4S/c1-17(2)24(4,5)22(32)33-14-10-6-7-11-15-35-23-29-16-18(3)21(31)30(23)19-12-8-9-13-20(19)34-25(26,27)28/h8-9,12-13,16-17H,6-7,10-11,14-15H2,1-5H3. The maximum atomic E-state index is 12.9. The number of thioether (sulfide) groups is 1. The number of benzene rings is 1. The molecule has 0 saturated carbocycles. The van der Waals surface area contributed by atoms with Gasteiger partial charge in [-0.3, -0.25) is 14.2 Å². The lowest BCUT2D eigenvalue weighted by atomic mass is 9.81. The molecule has 0 amide bonds. The molecule has 0 aliphatic heterocycles. The second kappa shape index (κ2) is 12.5. The summed E-state index contributed by atoms with van der Waals surface area (Å²) in [6.45, 7) is 9.67. The van der Waals surface area contributed by atoms with Gasteiger partial charge in [0.1, 0.15) is 0 Å². The van der Waals surface area contributed by atoms with Gasteiger partial charge in [-0.25, -0.2) is 4.98 Å². The van der Waals surface area contributed by atoms with Crippen molar-refractivity contribution < 1.29 is 27.4 Å². The van der Waals surface area contributed by atoms with E-state index in [0.29, 0.717) is 23.1 Å². The van der Waals surface area contributed by atoms with Crippen LogP contribution in [0, 0.1) is 18.3 Å². The van der Waals surface area contributed by atoms with Gasteiger partial charge in [0, 0.05) is 17.5 Å². The van der Waals surface area contributed by atoms with Gasteiger partial charge in [0.2, 0.25) is 0 Å². The zero-order chi connectivity index (χ0) is 26.2. The van der Waals surface area contributed by atoms with Crippen molar-refractivity contribution >= 4 is 17.7 Å². The second-order valence-corrected chi connectivity index (χ2v) is 10.2. The van der Waals surface area contributed by atoms with Crippen molar-refractivity contribution in [2.75, 3.05) is 12.4 Å². The molecule has 194 valence electrons. The molecule has 0 atom stereocenters. The van der Waals surface area contributed by atoms with E-state index in [1.54, 1.807) is 6.92 Å².